The third-order valence-corrected chi connectivity index (χ3v) is 5.09. The molecule has 0 heterocycles. The summed E-state index contributed by atoms with van der Waals surface area (Å²) < 4.78 is 22.5. The summed E-state index contributed by atoms with van der Waals surface area (Å²) in [7, 11) is 4.83. The molecule has 32 heavy (non-hydrogen) atoms. The van der Waals surface area contributed by atoms with Gasteiger partial charge in [0.05, 0.1) is 21.3 Å². The van der Waals surface area contributed by atoms with Gasteiger partial charge >= 0.3 is 0 Å². The number of rotatable bonds is 10. The van der Waals surface area contributed by atoms with Crippen LogP contribution in [0.25, 0.3) is 0 Å². The fourth-order valence-electron chi connectivity index (χ4n) is 3.54. The first-order chi connectivity index (χ1) is 15.5. The van der Waals surface area contributed by atoms with Gasteiger partial charge in [-0.25, -0.2) is 0 Å². The molecule has 0 aliphatic carbocycles. The van der Waals surface area contributed by atoms with Crippen LogP contribution in [-0.2, 0) is 24.2 Å². The van der Waals surface area contributed by atoms with Crippen LogP contribution in [0.3, 0.4) is 0 Å². The van der Waals surface area contributed by atoms with Crippen LogP contribution >= 0.6 is 0 Å². The number of carbonyl (C=O) groups is 1. The minimum Gasteiger partial charge on any atom is -0.493 e. The minimum absolute atomic E-state index is 0.139. The Kier molecular flexibility index (Phi) is 7.97. The highest BCUT2D eigenvalue weighted by molar-refractivity contribution is 5.90. The van der Waals surface area contributed by atoms with E-state index in [1.807, 2.05) is 54.6 Å². The van der Waals surface area contributed by atoms with Crippen LogP contribution in [0.15, 0.2) is 60.7 Å². The lowest BCUT2D eigenvalue weighted by Crippen LogP contribution is -2.10. The van der Waals surface area contributed by atoms with E-state index in [1.54, 1.807) is 27.4 Å². The third-order valence-electron chi connectivity index (χ3n) is 5.09. The van der Waals surface area contributed by atoms with Crippen molar-refractivity contribution in [3.63, 3.8) is 0 Å². The summed E-state index contributed by atoms with van der Waals surface area (Å²) >= 11 is 0. The van der Waals surface area contributed by atoms with Gasteiger partial charge in [-0.3, -0.25) is 4.79 Å². The highest BCUT2D eigenvalue weighted by Crippen LogP contribution is 2.37. The molecule has 0 bridgehead atoms. The number of ether oxygens (including phenoxy) is 4. The van der Waals surface area contributed by atoms with Crippen molar-refractivity contribution in [1.82, 2.24) is 0 Å². The quantitative estimate of drug-likeness (QED) is 0.484. The van der Waals surface area contributed by atoms with Gasteiger partial charge in [0.15, 0.2) is 23.0 Å². The summed E-state index contributed by atoms with van der Waals surface area (Å²) in [6.07, 6.45) is 1.36. The second kappa shape index (κ2) is 11.1. The number of carbonyl (C=O) groups excluding carboxylic acids is 1. The average molecular weight is 436 g/mol. The number of methoxy groups -OCH3 is 3. The van der Waals surface area contributed by atoms with E-state index >= 15 is 0 Å². The van der Waals surface area contributed by atoms with E-state index in [0.717, 1.165) is 16.7 Å². The van der Waals surface area contributed by atoms with Crippen LogP contribution in [0.4, 0.5) is 5.69 Å². The zero-order chi connectivity index (χ0) is 22.9. The molecule has 6 heteroatoms. The van der Waals surface area contributed by atoms with Crippen molar-refractivity contribution in [3.8, 4) is 23.0 Å². The molecule has 1 amide bonds. The van der Waals surface area contributed by atoms with Gasteiger partial charge in [-0.05, 0) is 48.2 Å². The van der Waals surface area contributed by atoms with E-state index in [2.05, 4.69) is 5.32 Å². The summed E-state index contributed by atoms with van der Waals surface area (Å²) in [5.41, 5.74) is 3.76. The summed E-state index contributed by atoms with van der Waals surface area (Å²) in [5, 5.41) is 2.88. The molecule has 0 aliphatic rings. The van der Waals surface area contributed by atoms with Crippen molar-refractivity contribution in [2.24, 2.45) is 0 Å². The molecular weight excluding hydrogens is 406 g/mol. The Morgan fingerprint density at radius 2 is 1.50 bits per heavy atom. The highest BCUT2D eigenvalue weighted by atomic mass is 16.5. The summed E-state index contributed by atoms with van der Waals surface area (Å²) in [4.78, 5) is 11.7. The zero-order valence-corrected chi connectivity index (χ0v) is 18.9. The maximum atomic E-state index is 11.7. The molecule has 0 atom stereocenters. The zero-order valence-electron chi connectivity index (χ0n) is 18.9. The first-order valence-electron chi connectivity index (χ1n) is 10.4. The number of aryl methyl sites for hydroxylation is 1. The molecule has 168 valence electrons. The van der Waals surface area contributed by atoms with Crippen molar-refractivity contribution in [2.75, 3.05) is 26.6 Å². The number of amides is 1. The van der Waals surface area contributed by atoms with Crippen molar-refractivity contribution < 1.29 is 23.7 Å². The Labute approximate surface area is 189 Å². The fourth-order valence-corrected chi connectivity index (χ4v) is 3.54. The average Bonchev–Trinajstić information content (AvgIpc) is 2.82. The van der Waals surface area contributed by atoms with Gasteiger partial charge in [-0.15, -0.1) is 0 Å². The van der Waals surface area contributed by atoms with E-state index in [-0.39, 0.29) is 5.91 Å². The molecule has 6 nitrogen and oxygen atoms in total. The van der Waals surface area contributed by atoms with Crippen LogP contribution in [0.1, 0.15) is 23.6 Å². The van der Waals surface area contributed by atoms with Gasteiger partial charge in [0.25, 0.3) is 0 Å². The second-order valence-electron chi connectivity index (χ2n) is 7.27. The molecule has 1 N–H and O–H groups in total. The van der Waals surface area contributed by atoms with Crippen molar-refractivity contribution in [2.45, 2.75) is 26.4 Å². The van der Waals surface area contributed by atoms with Gasteiger partial charge < -0.3 is 24.3 Å². The molecule has 0 aliphatic heterocycles. The number of hydrogen-bond acceptors (Lipinski definition) is 5. The van der Waals surface area contributed by atoms with E-state index < -0.39 is 0 Å². The van der Waals surface area contributed by atoms with Crippen LogP contribution in [0.2, 0.25) is 0 Å². The minimum atomic E-state index is -0.139. The largest absolute Gasteiger partial charge is 0.493 e. The highest BCUT2D eigenvalue weighted by Gasteiger charge is 2.16. The van der Waals surface area contributed by atoms with E-state index in [4.69, 9.17) is 18.9 Å². The Bertz CT molecular complexity index is 1050. The van der Waals surface area contributed by atoms with Gasteiger partial charge in [-0.2, -0.15) is 0 Å². The summed E-state index contributed by atoms with van der Waals surface area (Å²) in [5.74, 6) is 2.48. The monoisotopic (exact) mass is 435 g/mol. The molecule has 3 aromatic rings. The SMILES string of the molecule is COc1cc(CCc2c(NC(C)=O)ccc(OC)c2OC)ccc1OCc1ccccc1. The molecule has 0 aromatic heterocycles. The van der Waals surface area contributed by atoms with Gasteiger partial charge in [-0.1, -0.05) is 36.4 Å². The number of hydrogen-bond donors (Lipinski definition) is 1. The number of benzene rings is 3. The van der Waals surface area contributed by atoms with Crippen molar-refractivity contribution in [3.05, 3.63) is 77.4 Å². The molecule has 3 aromatic carbocycles. The first-order valence-corrected chi connectivity index (χ1v) is 10.4. The number of anilines is 1. The molecule has 3 rings (SSSR count). The summed E-state index contributed by atoms with van der Waals surface area (Å²) in [6, 6.07) is 19.5. The fraction of sp³-hybridized carbons (Fsp3) is 0.269. The smallest absolute Gasteiger partial charge is 0.221 e. The maximum absolute atomic E-state index is 11.7. The molecular formula is C26H29NO5. The molecule has 0 saturated heterocycles. The molecule has 0 spiro atoms. The van der Waals surface area contributed by atoms with Crippen LogP contribution in [0, 0.1) is 0 Å². The Morgan fingerprint density at radius 3 is 2.16 bits per heavy atom. The molecule has 0 fully saturated rings. The van der Waals surface area contributed by atoms with Gasteiger partial charge in [0.1, 0.15) is 6.61 Å². The topological polar surface area (TPSA) is 66.0 Å². The lowest BCUT2D eigenvalue weighted by Gasteiger charge is -2.17. The third kappa shape index (κ3) is 5.72. The summed E-state index contributed by atoms with van der Waals surface area (Å²) in [6.45, 7) is 1.96. The number of nitrogens with one attached hydrogen (secondary N) is 1. The van der Waals surface area contributed by atoms with Gasteiger partial charge in [0.2, 0.25) is 5.91 Å². The van der Waals surface area contributed by atoms with E-state index in [9.17, 15) is 4.79 Å². The van der Waals surface area contributed by atoms with E-state index in [0.29, 0.717) is 48.1 Å². The standard InChI is InChI=1S/C26H29NO5/c1-18(28)27-22-13-15-24(29-2)26(31-4)21(22)12-10-19-11-14-23(25(16-19)30-3)32-17-20-8-6-5-7-9-20/h5-9,11,13-16H,10,12,17H2,1-4H3,(H,27,28). The van der Waals surface area contributed by atoms with E-state index in [1.165, 1.54) is 6.92 Å². The van der Waals surface area contributed by atoms with Crippen molar-refractivity contribution in [1.29, 1.82) is 0 Å². The van der Waals surface area contributed by atoms with Gasteiger partial charge in [0, 0.05) is 18.2 Å². The second-order valence-corrected chi connectivity index (χ2v) is 7.27. The predicted molar refractivity (Wildman–Crippen MR) is 125 cm³/mol. The Morgan fingerprint density at radius 1 is 0.781 bits per heavy atom. The molecule has 0 saturated carbocycles. The first kappa shape index (κ1) is 23.0. The normalized spacial score (nSPS) is 10.4. The molecule has 0 unspecified atom stereocenters. The van der Waals surface area contributed by atoms with Crippen LogP contribution < -0.4 is 24.3 Å². The Hall–Kier alpha value is -3.67. The van der Waals surface area contributed by atoms with Crippen LogP contribution in [-0.4, -0.2) is 27.2 Å². The Balaban J connectivity index is 1.78. The predicted octanol–water partition coefficient (Wildman–Crippen LogP) is 5.04. The lowest BCUT2D eigenvalue weighted by molar-refractivity contribution is -0.114. The lowest BCUT2D eigenvalue weighted by atomic mass is 10.0. The maximum Gasteiger partial charge on any atom is 0.221 e. The van der Waals surface area contributed by atoms with Crippen LogP contribution in [0.5, 0.6) is 23.0 Å². The molecule has 0 radical (unpaired) electrons. The van der Waals surface area contributed by atoms with Crippen molar-refractivity contribution >= 4 is 11.6 Å².